The van der Waals surface area contributed by atoms with Crippen LogP contribution in [-0.2, 0) is 14.8 Å². The summed E-state index contributed by atoms with van der Waals surface area (Å²) in [5.41, 5.74) is -0.937. The summed E-state index contributed by atoms with van der Waals surface area (Å²) >= 11 is 0. The van der Waals surface area contributed by atoms with Crippen LogP contribution in [0.5, 0.6) is 11.5 Å². The molecular weight excluding hydrogens is 412 g/mol. The molecule has 0 bridgehead atoms. The first-order valence-electron chi connectivity index (χ1n) is 10.2. The summed E-state index contributed by atoms with van der Waals surface area (Å²) < 4.78 is 34.1. The molecule has 0 atom stereocenters. The van der Waals surface area contributed by atoms with E-state index in [0.29, 0.717) is 24.6 Å². The molecule has 1 saturated heterocycles. The molecule has 6 nitrogen and oxygen atoms in total. The number of piperidine rings is 1. The van der Waals surface area contributed by atoms with E-state index < -0.39 is 20.9 Å². The lowest BCUT2D eigenvalue weighted by Crippen LogP contribution is -2.64. The van der Waals surface area contributed by atoms with Crippen LogP contribution in [0.1, 0.15) is 27.7 Å². The minimum Gasteiger partial charge on any atom is -0.457 e. The van der Waals surface area contributed by atoms with E-state index in [1.54, 1.807) is 24.3 Å². The van der Waals surface area contributed by atoms with Gasteiger partial charge in [-0.2, -0.15) is 4.31 Å². The van der Waals surface area contributed by atoms with Crippen LogP contribution in [0.2, 0.25) is 0 Å². The van der Waals surface area contributed by atoms with Gasteiger partial charge in [0.1, 0.15) is 11.5 Å². The van der Waals surface area contributed by atoms with Crippen molar-refractivity contribution in [2.75, 3.05) is 13.1 Å². The molecule has 7 heteroatoms. The van der Waals surface area contributed by atoms with Crippen LogP contribution in [0.15, 0.2) is 72.1 Å². The molecular formula is C24H30N2O4S. The van der Waals surface area contributed by atoms with E-state index in [2.05, 4.69) is 11.9 Å². The van der Waals surface area contributed by atoms with Gasteiger partial charge in [-0.1, -0.05) is 52.5 Å². The predicted molar refractivity (Wildman–Crippen MR) is 121 cm³/mol. The highest BCUT2D eigenvalue weighted by molar-refractivity contribution is 7.89. The second kappa shape index (κ2) is 8.48. The Balaban J connectivity index is 1.82. The number of hydrogen-bond donors (Lipinski definition) is 1. The Bertz CT molecular complexity index is 1030. The average Bonchev–Trinajstić information content (AvgIpc) is 2.71. The molecule has 1 aliphatic rings. The number of sulfonamides is 1. The monoisotopic (exact) mass is 442 g/mol. The first-order chi connectivity index (χ1) is 14.5. The molecule has 0 aromatic heterocycles. The Morgan fingerprint density at radius 2 is 1.52 bits per heavy atom. The van der Waals surface area contributed by atoms with Crippen LogP contribution in [-0.4, -0.2) is 37.8 Å². The second-order valence-corrected chi connectivity index (χ2v) is 11.2. The van der Waals surface area contributed by atoms with Gasteiger partial charge in [-0.15, -0.1) is 0 Å². The summed E-state index contributed by atoms with van der Waals surface area (Å²) in [7, 11) is -3.71. The van der Waals surface area contributed by atoms with Crippen LogP contribution in [0.4, 0.5) is 0 Å². The van der Waals surface area contributed by atoms with Gasteiger partial charge in [-0.3, -0.25) is 4.79 Å². The van der Waals surface area contributed by atoms with Gasteiger partial charge in [0.2, 0.25) is 15.9 Å². The lowest BCUT2D eigenvalue weighted by atomic mass is 9.67. The van der Waals surface area contributed by atoms with Crippen molar-refractivity contribution in [1.82, 2.24) is 9.62 Å². The first kappa shape index (κ1) is 23.0. The summed E-state index contributed by atoms with van der Waals surface area (Å²) in [6.07, 6.45) is 1.24. The third kappa shape index (κ3) is 4.99. The maximum atomic E-state index is 13.4. The molecule has 31 heavy (non-hydrogen) atoms. The molecule has 166 valence electrons. The van der Waals surface area contributed by atoms with Crippen molar-refractivity contribution in [2.45, 2.75) is 38.6 Å². The van der Waals surface area contributed by atoms with Gasteiger partial charge in [0, 0.05) is 19.1 Å². The lowest BCUT2D eigenvalue weighted by Gasteiger charge is -2.52. The van der Waals surface area contributed by atoms with Gasteiger partial charge >= 0.3 is 0 Å². The molecule has 1 heterocycles. The summed E-state index contributed by atoms with van der Waals surface area (Å²) in [4.78, 5) is 12.2. The Labute approximate surface area is 185 Å². The van der Waals surface area contributed by atoms with Crippen molar-refractivity contribution >= 4 is 15.9 Å². The molecule has 2 aromatic carbocycles. The van der Waals surface area contributed by atoms with Crippen LogP contribution < -0.4 is 10.1 Å². The molecule has 3 rings (SSSR count). The highest BCUT2D eigenvalue weighted by Gasteiger charge is 2.50. The number of carbonyl (C=O) groups is 1. The fraction of sp³-hybridized carbons (Fsp3) is 0.375. The largest absolute Gasteiger partial charge is 0.457 e. The SMILES string of the molecule is C=CC(=O)NC1C(C)(C)CN(S(=O)(=O)c2ccc(Oc3ccccc3)cc2)CC1(C)C. The molecule has 0 radical (unpaired) electrons. The number of rotatable bonds is 6. The standard InChI is InChI=1S/C24H30N2O4S/c1-6-21(27)25-22-23(2,3)16-26(17-24(22,4)5)31(28,29)20-14-12-19(13-15-20)30-18-10-8-7-9-11-18/h6-15,22H,1,16-17H2,2-5H3,(H,25,27). The van der Waals surface area contributed by atoms with Gasteiger partial charge in [-0.05, 0) is 53.3 Å². The molecule has 1 amide bonds. The Kier molecular flexibility index (Phi) is 6.30. The number of benzene rings is 2. The van der Waals surface area contributed by atoms with Gasteiger partial charge < -0.3 is 10.1 Å². The maximum Gasteiger partial charge on any atom is 0.243 e. The molecule has 1 N–H and O–H groups in total. The average molecular weight is 443 g/mol. The highest BCUT2D eigenvalue weighted by atomic mass is 32.2. The van der Waals surface area contributed by atoms with Crippen molar-refractivity contribution in [1.29, 1.82) is 0 Å². The van der Waals surface area contributed by atoms with E-state index in [-0.39, 0.29) is 16.8 Å². The zero-order valence-corrected chi connectivity index (χ0v) is 19.3. The topological polar surface area (TPSA) is 75.7 Å². The van der Waals surface area contributed by atoms with E-state index in [0.717, 1.165) is 0 Å². The molecule has 2 aromatic rings. The van der Waals surface area contributed by atoms with Gasteiger partial charge in [-0.25, -0.2) is 8.42 Å². The highest BCUT2D eigenvalue weighted by Crippen LogP contribution is 2.42. The Morgan fingerprint density at radius 1 is 1.00 bits per heavy atom. The summed E-state index contributed by atoms with van der Waals surface area (Å²) in [5.74, 6) is 0.998. The number of para-hydroxylation sites is 1. The van der Waals surface area contributed by atoms with E-state index in [1.807, 2.05) is 58.0 Å². The quantitative estimate of drug-likeness (QED) is 0.680. The molecule has 0 aliphatic carbocycles. The normalized spacial score (nSPS) is 18.8. The van der Waals surface area contributed by atoms with E-state index in [4.69, 9.17) is 4.74 Å². The van der Waals surface area contributed by atoms with Crippen molar-refractivity contribution in [3.63, 3.8) is 0 Å². The Morgan fingerprint density at radius 3 is 2.03 bits per heavy atom. The van der Waals surface area contributed by atoms with Gasteiger partial charge in [0.15, 0.2) is 0 Å². The van der Waals surface area contributed by atoms with Crippen molar-refractivity contribution in [2.24, 2.45) is 10.8 Å². The fourth-order valence-corrected chi connectivity index (χ4v) is 6.20. The summed E-state index contributed by atoms with van der Waals surface area (Å²) in [5, 5.41) is 3.00. The molecule has 0 saturated carbocycles. The van der Waals surface area contributed by atoms with E-state index in [9.17, 15) is 13.2 Å². The molecule has 1 aliphatic heterocycles. The second-order valence-electron chi connectivity index (χ2n) is 9.28. The third-order valence-electron chi connectivity index (χ3n) is 5.64. The van der Waals surface area contributed by atoms with Crippen LogP contribution in [0.25, 0.3) is 0 Å². The number of amides is 1. The van der Waals surface area contributed by atoms with Crippen LogP contribution in [0, 0.1) is 10.8 Å². The first-order valence-corrected chi connectivity index (χ1v) is 11.7. The summed E-state index contributed by atoms with van der Waals surface area (Å²) in [6.45, 7) is 12.0. The molecule has 0 unspecified atom stereocenters. The van der Waals surface area contributed by atoms with Crippen molar-refractivity contribution in [3.8, 4) is 11.5 Å². The number of nitrogens with zero attached hydrogens (tertiary/aromatic N) is 1. The number of hydrogen-bond acceptors (Lipinski definition) is 4. The lowest BCUT2D eigenvalue weighted by molar-refractivity contribution is -0.120. The van der Waals surface area contributed by atoms with Crippen molar-refractivity contribution < 1.29 is 17.9 Å². The predicted octanol–water partition coefficient (Wildman–Crippen LogP) is 4.21. The number of ether oxygens (including phenoxy) is 1. The van der Waals surface area contributed by atoms with Crippen molar-refractivity contribution in [3.05, 3.63) is 67.3 Å². The zero-order chi connectivity index (χ0) is 22.9. The van der Waals surface area contributed by atoms with Gasteiger partial charge in [0.05, 0.1) is 4.90 Å². The van der Waals surface area contributed by atoms with E-state index >= 15 is 0 Å². The smallest absolute Gasteiger partial charge is 0.243 e. The maximum absolute atomic E-state index is 13.4. The van der Waals surface area contributed by atoms with Gasteiger partial charge in [0.25, 0.3) is 0 Å². The molecule has 0 spiro atoms. The van der Waals surface area contributed by atoms with Crippen LogP contribution >= 0.6 is 0 Å². The minimum absolute atomic E-state index is 0.196. The molecule has 1 fully saturated rings. The summed E-state index contributed by atoms with van der Waals surface area (Å²) in [6, 6.07) is 15.6. The number of nitrogens with one attached hydrogen (secondary N) is 1. The minimum atomic E-state index is -3.71. The number of carbonyl (C=O) groups excluding carboxylic acids is 1. The zero-order valence-electron chi connectivity index (χ0n) is 18.5. The van der Waals surface area contributed by atoms with E-state index in [1.165, 1.54) is 10.4 Å². The third-order valence-corrected chi connectivity index (χ3v) is 7.45. The van der Waals surface area contributed by atoms with Crippen LogP contribution in [0.3, 0.4) is 0 Å². The Hall–Kier alpha value is -2.64. The fourth-order valence-electron chi connectivity index (χ4n) is 4.42.